The monoisotopic (exact) mass is 157 g/mol. The molecule has 0 bridgehead atoms. The molecule has 1 aromatic heterocycles. The molecular weight excluding hydrogens is 145 g/mol. The van der Waals surface area contributed by atoms with Gasteiger partial charge in [0.15, 0.2) is 0 Å². The van der Waals surface area contributed by atoms with Crippen molar-refractivity contribution in [1.29, 1.82) is 0 Å². The molecule has 2 nitrogen and oxygen atoms in total. The van der Waals surface area contributed by atoms with Crippen molar-refractivity contribution in [3.05, 3.63) is 24.2 Å². The second kappa shape index (κ2) is 4.13. The summed E-state index contributed by atoms with van der Waals surface area (Å²) in [6.45, 7) is 0.931. The predicted octanol–water partition coefficient (Wildman–Crippen LogP) is 1.68. The first-order valence-electron chi connectivity index (χ1n) is 3.58. The molecule has 0 unspecified atom stereocenters. The molecule has 0 fully saturated rings. The third-order valence-electron chi connectivity index (χ3n) is 1.50. The number of hydrogen-bond acceptors (Lipinski definition) is 2. The summed E-state index contributed by atoms with van der Waals surface area (Å²) < 4.78 is 16.7. The number of rotatable bonds is 4. The summed E-state index contributed by atoms with van der Waals surface area (Å²) in [4.78, 5) is 1.91. The molecule has 0 aliphatic rings. The Hall–Kier alpha value is -0.830. The fraction of sp³-hybridized carbons (Fsp3) is 0.500. The number of alkyl halides is 1. The fourth-order valence-corrected chi connectivity index (χ4v) is 0.918. The summed E-state index contributed by atoms with van der Waals surface area (Å²) in [6.07, 6.45) is 3.30. The van der Waals surface area contributed by atoms with Crippen molar-refractivity contribution in [2.24, 2.45) is 0 Å². The number of furan rings is 1. The highest BCUT2D eigenvalue weighted by Crippen LogP contribution is 2.02. The molecule has 0 spiro atoms. The second-order valence-corrected chi connectivity index (χ2v) is 2.56. The van der Waals surface area contributed by atoms with Crippen LogP contribution in [0.2, 0.25) is 0 Å². The van der Waals surface area contributed by atoms with Crippen LogP contribution in [0.15, 0.2) is 23.0 Å². The van der Waals surface area contributed by atoms with E-state index >= 15 is 0 Å². The van der Waals surface area contributed by atoms with E-state index in [4.69, 9.17) is 4.42 Å². The fourth-order valence-electron chi connectivity index (χ4n) is 0.918. The van der Waals surface area contributed by atoms with Crippen LogP contribution in [0, 0.1) is 0 Å². The summed E-state index contributed by atoms with van der Waals surface area (Å²) in [5.41, 5.74) is 1.08. The number of hydrogen-bond donors (Lipinski definition) is 0. The molecule has 0 aromatic carbocycles. The van der Waals surface area contributed by atoms with Crippen LogP contribution >= 0.6 is 0 Å². The van der Waals surface area contributed by atoms with Crippen molar-refractivity contribution < 1.29 is 8.81 Å². The van der Waals surface area contributed by atoms with Crippen molar-refractivity contribution in [3.63, 3.8) is 0 Å². The lowest BCUT2D eigenvalue weighted by Crippen LogP contribution is -2.19. The summed E-state index contributed by atoms with van der Waals surface area (Å²) >= 11 is 0. The summed E-state index contributed by atoms with van der Waals surface area (Å²) in [5, 5.41) is 0. The minimum atomic E-state index is -0.297. The highest BCUT2D eigenvalue weighted by Gasteiger charge is 1.99. The molecule has 0 N–H and O–H groups in total. The minimum absolute atomic E-state index is 0.297. The molecule has 3 heteroatoms. The average molecular weight is 157 g/mol. The zero-order valence-electron chi connectivity index (χ0n) is 6.59. The van der Waals surface area contributed by atoms with Gasteiger partial charge in [-0.2, -0.15) is 0 Å². The molecule has 1 rings (SSSR count). The van der Waals surface area contributed by atoms with E-state index in [1.807, 2.05) is 18.0 Å². The maximum absolute atomic E-state index is 11.8. The Balaban J connectivity index is 2.31. The second-order valence-electron chi connectivity index (χ2n) is 2.56. The maximum atomic E-state index is 11.8. The maximum Gasteiger partial charge on any atom is 0.102 e. The topological polar surface area (TPSA) is 16.4 Å². The van der Waals surface area contributed by atoms with E-state index in [1.165, 1.54) is 0 Å². The van der Waals surface area contributed by atoms with Gasteiger partial charge in [0.1, 0.15) is 6.67 Å². The predicted molar refractivity (Wildman–Crippen MR) is 41.0 cm³/mol. The Morgan fingerprint density at radius 3 is 3.00 bits per heavy atom. The smallest absolute Gasteiger partial charge is 0.102 e. The first-order valence-corrected chi connectivity index (χ1v) is 3.58. The average Bonchev–Trinajstić information content (AvgIpc) is 2.40. The van der Waals surface area contributed by atoms with Crippen LogP contribution < -0.4 is 0 Å². The van der Waals surface area contributed by atoms with Gasteiger partial charge >= 0.3 is 0 Å². The van der Waals surface area contributed by atoms with Crippen LogP contribution in [0.25, 0.3) is 0 Å². The van der Waals surface area contributed by atoms with Gasteiger partial charge < -0.3 is 4.42 Å². The Kier molecular flexibility index (Phi) is 3.11. The van der Waals surface area contributed by atoms with Crippen molar-refractivity contribution in [2.75, 3.05) is 20.3 Å². The highest BCUT2D eigenvalue weighted by atomic mass is 19.1. The number of halogens is 1. The molecule has 0 aliphatic carbocycles. The van der Waals surface area contributed by atoms with Crippen molar-refractivity contribution in [3.8, 4) is 0 Å². The van der Waals surface area contributed by atoms with Crippen LogP contribution in [-0.4, -0.2) is 25.2 Å². The molecule has 1 heterocycles. The normalized spacial score (nSPS) is 10.8. The molecule has 0 atom stereocenters. The first kappa shape index (κ1) is 8.27. The minimum Gasteiger partial charge on any atom is -0.472 e. The van der Waals surface area contributed by atoms with Crippen molar-refractivity contribution >= 4 is 0 Å². The first-order chi connectivity index (χ1) is 5.33. The van der Waals surface area contributed by atoms with E-state index in [-0.39, 0.29) is 6.67 Å². The Bertz CT molecular complexity index is 186. The highest BCUT2D eigenvalue weighted by molar-refractivity contribution is 5.04. The Labute approximate surface area is 65.6 Å². The molecule has 0 amide bonds. The number of nitrogens with zero attached hydrogens (tertiary/aromatic N) is 1. The van der Waals surface area contributed by atoms with E-state index in [1.54, 1.807) is 12.5 Å². The van der Waals surface area contributed by atoms with Crippen LogP contribution in [-0.2, 0) is 6.54 Å². The summed E-state index contributed by atoms with van der Waals surface area (Å²) in [6, 6.07) is 1.88. The lowest BCUT2D eigenvalue weighted by atomic mass is 10.3. The van der Waals surface area contributed by atoms with Gasteiger partial charge in [0.25, 0.3) is 0 Å². The molecular formula is C8H12FNO. The zero-order chi connectivity index (χ0) is 8.10. The van der Waals surface area contributed by atoms with Gasteiger partial charge in [-0.05, 0) is 13.1 Å². The van der Waals surface area contributed by atoms with Crippen molar-refractivity contribution in [1.82, 2.24) is 4.90 Å². The lowest BCUT2D eigenvalue weighted by molar-refractivity contribution is 0.288. The quantitative estimate of drug-likeness (QED) is 0.661. The van der Waals surface area contributed by atoms with Crippen LogP contribution in [0.3, 0.4) is 0 Å². The van der Waals surface area contributed by atoms with E-state index in [9.17, 15) is 4.39 Å². The molecule has 62 valence electrons. The van der Waals surface area contributed by atoms with Gasteiger partial charge in [0, 0.05) is 18.7 Å². The van der Waals surface area contributed by atoms with Gasteiger partial charge in [0.2, 0.25) is 0 Å². The third-order valence-corrected chi connectivity index (χ3v) is 1.50. The molecule has 0 aliphatic heterocycles. The standard InChI is InChI=1S/C8H12FNO/c1-10(4-3-9)6-8-2-5-11-7-8/h2,5,7H,3-4,6H2,1H3. The van der Waals surface area contributed by atoms with Crippen LogP contribution in [0.1, 0.15) is 5.56 Å². The third kappa shape index (κ3) is 2.72. The Morgan fingerprint density at radius 1 is 1.64 bits per heavy atom. The molecule has 0 saturated carbocycles. The molecule has 11 heavy (non-hydrogen) atoms. The van der Waals surface area contributed by atoms with Gasteiger partial charge in [0.05, 0.1) is 12.5 Å². The summed E-state index contributed by atoms with van der Waals surface area (Å²) in [7, 11) is 1.88. The van der Waals surface area contributed by atoms with Crippen LogP contribution in [0.5, 0.6) is 0 Å². The molecule has 1 aromatic rings. The van der Waals surface area contributed by atoms with Gasteiger partial charge in [-0.1, -0.05) is 0 Å². The lowest BCUT2D eigenvalue weighted by Gasteiger charge is -2.11. The molecule has 0 saturated heterocycles. The van der Waals surface area contributed by atoms with Gasteiger partial charge in [-0.3, -0.25) is 4.90 Å². The Morgan fingerprint density at radius 2 is 2.45 bits per heavy atom. The van der Waals surface area contributed by atoms with E-state index < -0.39 is 0 Å². The summed E-state index contributed by atoms with van der Waals surface area (Å²) in [5.74, 6) is 0. The van der Waals surface area contributed by atoms with Crippen molar-refractivity contribution in [2.45, 2.75) is 6.54 Å². The largest absolute Gasteiger partial charge is 0.472 e. The SMILES string of the molecule is CN(CCF)Cc1ccoc1. The van der Waals surface area contributed by atoms with Gasteiger partial charge in [-0.15, -0.1) is 0 Å². The van der Waals surface area contributed by atoms with E-state index in [0.29, 0.717) is 6.54 Å². The van der Waals surface area contributed by atoms with Gasteiger partial charge in [-0.25, -0.2) is 4.39 Å². The van der Waals surface area contributed by atoms with Crippen LogP contribution in [0.4, 0.5) is 4.39 Å². The zero-order valence-corrected chi connectivity index (χ0v) is 6.59. The van der Waals surface area contributed by atoms with E-state index in [2.05, 4.69) is 0 Å². The van der Waals surface area contributed by atoms with E-state index in [0.717, 1.165) is 12.1 Å². The molecule has 0 radical (unpaired) electrons.